The van der Waals surface area contributed by atoms with Crippen LogP contribution in [0, 0.1) is 5.92 Å². The van der Waals surface area contributed by atoms with E-state index in [1.807, 2.05) is 13.8 Å². The molecule has 0 aliphatic heterocycles. The average molecular weight is 262 g/mol. The molecule has 0 aromatic heterocycles. The summed E-state index contributed by atoms with van der Waals surface area (Å²) < 4.78 is 4.70. The van der Waals surface area contributed by atoms with Gasteiger partial charge in [-0.15, -0.1) is 0 Å². The van der Waals surface area contributed by atoms with Crippen molar-refractivity contribution in [3.05, 3.63) is 0 Å². The number of alkyl halides is 2. The van der Waals surface area contributed by atoms with Crippen LogP contribution < -0.4 is 0 Å². The fourth-order valence-electron chi connectivity index (χ4n) is 0.807. The van der Waals surface area contributed by atoms with E-state index in [1.165, 1.54) is 0 Å². The van der Waals surface area contributed by atoms with Gasteiger partial charge in [0.25, 0.3) is 5.24 Å². The maximum absolute atomic E-state index is 10.9. The molecule has 0 aromatic rings. The summed E-state index contributed by atoms with van der Waals surface area (Å²) in [6.07, 6.45) is -0.613. The Kier molecular flexibility index (Phi) is 6.49. The van der Waals surface area contributed by atoms with Crippen molar-refractivity contribution in [2.45, 2.75) is 31.2 Å². The fourth-order valence-corrected chi connectivity index (χ4v) is 1.04. The third-order valence-corrected chi connectivity index (χ3v) is 1.97. The van der Waals surface area contributed by atoms with Crippen molar-refractivity contribution in [1.29, 1.82) is 0 Å². The minimum atomic E-state index is -1.29. The number of hydrogen-bond donors (Lipinski definition) is 0. The average Bonchev–Trinajstić information content (AvgIpc) is 2.01. The van der Waals surface area contributed by atoms with E-state index in [4.69, 9.17) is 39.5 Å². The van der Waals surface area contributed by atoms with Crippen LogP contribution in [0.4, 0.5) is 0 Å². The van der Waals surface area contributed by atoms with Crippen LogP contribution in [0.5, 0.6) is 0 Å². The molecule has 0 aliphatic carbocycles. The van der Waals surface area contributed by atoms with E-state index in [9.17, 15) is 9.59 Å². The quantitative estimate of drug-likeness (QED) is 0.434. The largest absolute Gasteiger partial charge is 0.451 e. The Balaban J connectivity index is 4.23. The monoisotopic (exact) mass is 260 g/mol. The predicted octanol–water partition coefficient (Wildman–Crippen LogP) is 2.51. The normalized spacial score (nSPS) is 13.1. The number of halogens is 3. The zero-order valence-corrected chi connectivity index (χ0v) is 10.1. The van der Waals surface area contributed by atoms with Gasteiger partial charge in [-0.05, 0) is 23.9 Å². The van der Waals surface area contributed by atoms with Gasteiger partial charge in [0.05, 0.1) is 0 Å². The second-order valence-electron chi connectivity index (χ2n) is 3.16. The Morgan fingerprint density at radius 2 is 1.79 bits per heavy atom. The Hall–Kier alpha value is 0.01000. The zero-order valence-electron chi connectivity index (χ0n) is 7.80. The van der Waals surface area contributed by atoms with Crippen LogP contribution in [0.15, 0.2) is 0 Å². The van der Waals surface area contributed by atoms with E-state index in [-0.39, 0.29) is 5.92 Å². The molecule has 0 amide bonds. The van der Waals surface area contributed by atoms with Gasteiger partial charge in [-0.1, -0.05) is 37.0 Å². The van der Waals surface area contributed by atoms with Crippen LogP contribution in [0.2, 0.25) is 0 Å². The van der Waals surface area contributed by atoms with Crippen molar-refractivity contribution in [3.8, 4) is 0 Å². The highest BCUT2D eigenvalue weighted by atomic mass is 35.5. The first-order valence-corrected chi connectivity index (χ1v) is 5.27. The first kappa shape index (κ1) is 14.0. The summed E-state index contributed by atoms with van der Waals surface area (Å²) >= 11 is 15.7. The molecule has 82 valence electrons. The first-order valence-electron chi connectivity index (χ1n) is 4.02. The van der Waals surface area contributed by atoms with E-state index >= 15 is 0 Å². The van der Waals surface area contributed by atoms with Crippen molar-refractivity contribution >= 4 is 46.0 Å². The van der Waals surface area contributed by atoms with E-state index in [0.717, 1.165) is 0 Å². The van der Waals surface area contributed by atoms with Gasteiger partial charge in [-0.25, -0.2) is 4.79 Å². The molecule has 0 unspecified atom stereocenters. The van der Waals surface area contributed by atoms with Crippen LogP contribution in [0.3, 0.4) is 0 Å². The van der Waals surface area contributed by atoms with Gasteiger partial charge in [0, 0.05) is 0 Å². The lowest BCUT2D eigenvalue weighted by atomic mass is 10.1. The molecule has 0 saturated heterocycles. The molecule has 0 spiro atoms. The highest BCUT2D eigenvalue weighted by Gasteiger charge is 2.25. The predicted molar refractivity (Wildman–Crippen MR) is 55.7 cm³/mol. The van der Waals surface area contributed by atoms with Crippen LogP contribution in [0.25, 0.3) is 0 Å². The molecule has 0 fully saturated rings. The standard InChI is InChI=1S/C8H11Cl3O3/c1-4(2)3-5(7(11)12)14-8(13)6(9)10/h4-6H,3H2,1-2H3/t5-/m1/s1. The molecule has 0 heterocycles. The van der Waals surface area contributed by atoms with Crippen molar-refractivity contribution < 1.29 is 14.3 Å². The second kappa shape index (κ2) is 6.49. The SMILES string of the molecule is CC(C)C[C@@H](OC(=O)C(Cl)Cl)C(=O)Cl. The molecular formula is C8H11Cl3O3. The van der Waals surface area contributed by atoms with Crippen LogP contribution in [0.1, 0.15) is 20.3 Å². The maximum Gasteiger partial charge on any atom is 0.340 e. The van der Waals surface area contributed by atoms with Gasteiger partial charge >= 0.3 is 5.97 Å². The van der Waals surface area contributed by atoms with Crippen molar-refractivity contribution in [2.24, 2.45) is 5.92 Å². The van der Waals surface area contributed by atoms with Crippen LogP contribution in [-0.4, -0.2) is 22.2 Å². The van der Waals surface area contributed by atoms with Crippen LogP contribution >= 0.6 is 34.8 Å². The molecule has 0 saturated carbocycles. The van der Waals surface area contributed by atoms with Gasteiger partial charge < -0.3 is 4.74 Å². The molecule has 0 rings (SSSR count). The Bertz CT molecular complexity index is 216. The van der Waals surface area contributed by atoms with Gasteiger partial charge in [-0.3, -0.25) is 4.79 Å². The zero-order chi connectivity index (χ0) is 11.3. The summed E-state index contributed by atoms with van der Waals surface area (Å²) in [6.45, 7) is 3.75. The van der Waals surface area contributed by atoms with Gasteiger partial charge in [0.15, 0.2) is 6.10 Å². The Labute approximate surface area is 97.6 Å². The topological polar surface area (TPSA) is 43.4 Å². The summed E-state index contributed by atoms with van der Waals surface area (Å²) in [5, 5.41) is -0.721. The summed E-state index contributed by atoms with van der Waals surface area (Å²) in [7, 11) is 0. The minimum absolute atomic E-state index is 0.180. The highest BCUT2D eigenvalue weighted by molar-refractivity contribution is 6.64. The number of carbonyl (C=O) groups is 2. The van der Waals surface area contributed by atoms with Crippen molar-refractivity contribution in [3.63, 3.8) is 0 Å². The third-order valence-electron chi connectivity index (χ3n) is 1.38. The molecule has 0 N–H and O–H groups in total. The van der Waals surface area contributed by atoms with Crippen LogP contribution in [-0.2, 0) is 14.3 Å². The Morgan fingerprint density at radius 1 is 1.29 bits per heavy atom. The van der Waals surface area contributed by atoms with Gasteiger partial charge in [0.1, 0.15) is 0 Å². The van der Waals surface area contributed by atoms with E-state index in [2.05, 4.69) is 0 Å². The lowest BCUT2D eigenvalue weighted by Gasteiger charge is -2.15. The number of hydrogen-bond acceptors (Lipinski definition) is 3. The molecule has 0 bridgehead atoms. The number of ether oxygens (including phenoxy) is 1. The van der Waals surface area contributed by atoms with Crippen molar-refractivity contribution in [1.82, 2.24) is 0 Å². The molecule has 6 heteroatoms. The minimum Gasteiger partial charge on any atom is -0.451 e. The summed E-state index contributed by atoms with van der Waals surface area (Å²) in [4.78, 5) is 20.5. The smallest absolute Gasteiger partial charge is 0.340 e. The summed E-state index contributed by atoms with van der Waals surface area (Å²) in [5.41, 5.74) is 0. The number of carbonyl (C=O) groups excluding carboxylic acids is 2. The summed E-state index contributed by atoms with van der Waals surface area (Å²) in [5.74, 6) is -0.674. The summed E-state index contributed by atoms with van der Waals surface area (Å²) in [6, 6.07) is 0. The molecule has 3 nitrogen and oxygen atoms in total. The third kappa shape index (κ3) is 5.68. The molecule has 0 radical (unpaired) electrons. The number of esters is 1. The molecule has 0 aromatic carbocycles. The van der Waals surface area contributed by atoms with Gasteiger partial charge in [0.2, 0.25) is 4.84 Å². The lowest BCUT2D eigenvalue weighted by molar-refractivity contribution is -0.151. The molecule has 0 aliphatic rings. The Morgan fingerprint density at radius 3 is 2.07 bits per heavy atom. The molecular weight excluding hydrogens is 250 g/mol. The van der Waals surface area contributed by atoms with E-state index in [0.29, 0.717) is 6.42 Å². The van der Waals surface area contributed by atoms with Gasteiger partial charge in [-0.2, -0.15) is 0 Å². The molecule has 1 atom stereocenters. The number of rotatable bonds is 5. The molecule has 14 heavy (non-hydrogen) atoms. The van der Waals surface area contributed by atoms with Crippen molar-refractivity contribution in [2.75, 3.05) is 0 Å². The lowest BCUT2D eigenvalue weighted by Crippen LogP contribution is -2.28. The maximum atomic E-state index is 10.9. The first-order chi connectivity index (χ1) is 6.34. The second-order valence-corrected chi connectivity index (χ2v) is 4.63. The highest BCUT2D eigenvalue weighted by Crippen LogP contribution is 2.14. The fraction of sp³-hybridized carbons (Fsp3) is 0.750. The van der Waals surface area contributed by atoms with E-state index in [1.54, 1.807) is 0 Å². The van der Waals surface area contributed by atoms with E-state index < -0.39 is 22.2 Å².